The predicted octanol–water partition coefficient (Wildman–Crippen LogP) is 3.03. The van der Waals surface area contributed by atoms with Crippen LogP contribution >= 0.6 is 15.9 Å². The number of aromatic hydroxyl groups is 1. The Morgan fingerprint density at radius 1 is 1.42 bits per heavy atom. The highest BCUT2D eigenvalue weighted by molar-refractivity contribution is 9.09. The molecule has 0 saturated heterocycles. The normalized spacial score (nSPS) is 10.2. The van der Waals surface area contributed by atoms with E-state index in [1.165, 1.54) is 11.1 Å². The van der Waals surface area contributed by atoms with Crippen LogP contribution in [0.1, 0.15) is 17.5 Å². The molecular formula is C10H13BrO. The van der Waals surface area contributed by atoms with Crippen LogP contribution in [0.2, 0.25) is 0 Å². The summed E-state index contributed by atoms with van der Waals surface area (Å²) in [6.45, 7) is 2.03. The zero-order chi connectivity index (χ0) is 8.97. The average Bonchev–Trinajstić information content (AvgIpc) is 2.03. The van der Waals surface area contributed by atoms with Crippen LogP contribution in [0.5, 0.6) is 5.75 Å². The van der Waals surface area contributed by atoms with E-state index in [1.807, 2.05) is 19.1 Å². The van der Waals surface area contributed by atoms with Crippen LogP contribution in [0.25, 0.3) is 0 Å². The summed E-state index contributed by atoms with van der Waals surface area (Å²) < 4.78 is 0. The van der Waals surface area contributed by atoms with Crippen molar-refractivity contribution >= 4 is 15.9 Å². The van der Waals surface area contributed by atoms with Crippen LogP contribution in [-0.2, 0) is 6.42 Å². The summed E-state index contributed by atoms with van der Waals surface area (Å²) >= 11 is 3.40. The highest BCUT2D eigenvalue weighted by Gasteiger charge is 1.98. The third-order valence-electron chi connectivity index (χ3n) is 1.91. The number of benzene rings is 1. The Bertz CT molecular complexity index is 258. The Kier molecular flexibility index (Phi) is 3.60. The summed E-state index contributed by atoms with van der Waals surface area (Å²) in [4.78, 5) is 0. The SMILES string of the molecule is Cc1cc(O)ccc1CCCBr. The van der Waals surface area contributed by atoms with Crippen molar-refractivity contribution < 1.29 is 5.11 Å². The van der Waals surface area contributed by atoms with Crippen LogP contribution < -0.4 is 0 Å². The van der Waals surface area contributed by atoms with Crippen molar-refractivity contribution in [2.24, 2.45) is 0 Å². The molecule has 0 aliphatic rings. The van der Waals surface area contributed by atoms with Crippen molar-refractivity contribution in [3.63, 3.8) is 0 Å². The molecule has 2 heteroatoms. The molecule has 0 saturated carbocycles. The number of halogens is 1. The molecule has 66 valence electrons. The molecule has 0 amide bonds. The monoisotopic (exact) mass is 228 g/mol. The van der Waals surface area contributed by atoms with Gasteiger partial charge in [0, 0.05) is 5.33 Å². The molecule has 0 bridgehead atoms. The number of rotatable bonds is 3. The molecule has 1 aromatic rings. The van der Waals surface area contributed by atoms with Gasteiger partial charge < -0.3 is 5.11 Å². The molecule has 0 aliphatic carbocycles. The summed E-state index contributed by atoms with van der Waals surface area (Å²) in [7, 11) is 0. The number of phenols is 1. The van der Waals surface area contributed by atoms with Gasteiger partial charge in [0.05, 0.1) is 0 Å². The lowest BCUT2D eigenvalue weighted by molar-refractivity contribution is 0.474. The molecule has 12 heavy (non-hydrogen) atoms. The van der Waals surface area contributed by atoms with E-state index in [0.717, 1.165) is 18.2 Å². The summed E-state index contributed by atoms with van der Waals surface area (Å²) in [5, 5.41) is 10.2. The first-order valence-corrected chi connectivity index (χ1v) is 5.20. The first-order chi connectivity index (χ1) is 5.74. The molecule has 0 atom stereocenters. The molecule has 0 heterocycles. The smallest absolute Gasteiger partial charge is 0.115 e. The maximum atomic E-state index is 9.15. The first-order valence-electron chi connectivity index (χ1n) is 4.08. The van der Waals surface area contributed by atoms with Crippen LogP contribution in [0, 0.1) is 6.92 Å². The Morgan fingerprint density at radius 2 is 2.17 bits per heavy atom. The second kappa shape index (κ2) is 4.51. The van der Waals surface area contributed by atoms with Gasteiger partial charge in [-0.3, -0.25) is 0 Å². The topological polar surface area (TPSA) is 20.2 Å². The molecular weight excluding hydrogens is 216 g/mol. The van der Waals surface area contributed by atoms with E-state index in [-0.39, 0.29) is 0 Å². The molecule has 1 nitrogen and oxygen atoms in total. The van der Waals surface area contributed by atoms with Gasteiger partial charge in [-0.05, 0) is 43.0 Å². The lowest BCUT2D eigenvalue weighted by Crippen LogP contribution is -1.89. The Hall–Kier alpha value is -0.500. The van der Waals surface area contributed by atoms with Gasteiger partial charge in [0.15, 0.2) is 0 Å². The van der Waals surface area contributed by atoms with E-state index in [9.17, 15) is 0 Å². The molecule has 0 fully saturated rings. The van der Waals surface area contributed by atoms with Crippen molar-refractivity contribution in [2.75, 3.05) is 5.33 Å². The average molecular weight is 229 g/mol. The maximum absolute atomic E-state index is 9.15. The molecule has 1 rings (SSSR count). The van der Waals surface area contributed by atoms with Gasteiger partial charge in [-0.1, -0.05) is 22.0 Å². The van der Waals surface area contributed by atoms with E-state index in [1.54, 1.807) is 6.07 Å². The third-order valence-corrected chi connectivity index (χ3v) is 2.47. The van der Waals surface area contributed by atoms with Crippen molar-refractivity contribution in [3.8, 4) is 5.75 Å². The summed E-state index contributed by atoms with van der Waals surface area (Å²) in [6, 6.07) is 5.55. The molecule has 1 aromatic carbocycles. The molecule has 0 radical (unpaired) electrons. The van der Waals surface area contributed by atoms with Crippen molar-refractivity contribution in [1.29, 1.82) is 0 Å². The van der Waals surface area contributed by atoms with Crippen molar-refractivity contribution in [3.05, 3.63) is 29.3 Å². The standard InChI is InChI=1S/C10H13BrO/c1-8-7-10(12)5-4-9(8)3-2-6-11/h4-5,7,12H,2-3,6H2,1H3. The summed E-state index contributed by atoms with van der Waals surface area (Å²) in [6.07, 6.45) is 2.23. The van der Waals surface area contributed by atoms with Gasteiger partial charge in [-0.2, -0.15) is 0 Å². The van der Waals surface area contributed by atoms with Crippen LogP contribution in [-0.4, -0.2) is 10.4 Å². The fourth-order valence-electron chi connectivity index (χ4n) is 1.22. The van der Waals surface area contributed by atoms with E-state index < -0.39 is 0 Å². The number of alkyl halides is 1. The van der Waals surface area contributed by atoms with Crippen LogP contribution in [0.15, 0.2) is 18.2 Å². The van der Waals surface area contributed by atoms with E-state index >= 15 is 0 Å². The van der Waals surface area contributed by atoms with Crippen molar-refractivity contribution in [2.45, 2.75) is 19.8 Å². The van der Waals surface area contributed by atoms with Gasteiger partial charge in [0.1, 0.15) is 5.75 Å². The fraction of sp³-hybridized carbons (Fsp3) is 0.400. The molecule has 0 aliphatic heterocycles. The van der Waals surface area contributed by atoms with E-state index in [0.29, 0.717) is 5.75 Å². The lowest BCUT2D eigenvalue weighted by atomic mass is 10.0. The van der Waals surface area contributed by atoms with Crippen LogP contribution in [0.4, 0.5) is 0 Å². The first kappa shape index (κ1) is 9.59. The number of hydrogen-bond acceptors (Lipinski definition) is 1. The summed E-state index contributed by atoms with van der Waals surface area (Å²) in [5.41, 5.74) is 2.50. The predicted molar refractivity (Wildman–Crippen MR) is 55.0 cm³/mol. The lowest BCUT2D eigenvalue weighted by Gasteiger charge is -2.04. The van der Waals surface area contributed by atoms with Gasteiger partial charge in [0.25, 0.3) is 0 Å². The quantitative estimate of drug-likeness (QED) is 0.790. The number of aryl methyl sites for hydroxylation is 2. The highest BCUT2D eigenvalue weighted by atomic mass is 79.9. The van der Waals surface area contributed by atoms with E-state index in [2.05, 4.69) is 15.9 Å². The largest absolute Gasteiger partial charge is 0.508 e. The highest BCUT2D eigenvalue weighted by Crippen LogP contribution is 2.17. The Labute approximate surface area is 81.6 Å². The molecule has 1 N–H and O–H groups in total. The van der Waals surface area contributed by atoms with Gasteiger partial charge in [0.2, 0.25) is 0 Å². The van der Waals surface area contributed by atoms with Gasteiger partial charge >= 0.3 is 0 Å². The second-order valence-electron chi connectivity index (χ2n) is 2.90. The minimum absolute atomic E-state index is 0.357. The van der Waals surface area contributed by atoms with Gasteiger partial charge in [-0.15, -0.1) is 0 Å². The Morgan fingerprint density at radius 3 is 2.75 bits per heavy atom. The van der Waals surface area contributed by atoms with Crippen molar-refractivity contribution in [1.82, 2.24) is 0 Å². The third kappa shape index (κ3) is 2.52. The Balaban J connectivity index is 2.72. The zero-order valence-electron chi connectivity index (χ0n) is 7.18. The molecule has 0 aromatic heterocycles. The summed E-state index contributed by atoms with van der Waals surface area (Å²) in [5.74, 6) is 0.357. The maximum Gasteiger partial charge on any atom is 0.115 e. The molecule has 0 spiro atoms. The van der Waals surface area contributed by atoms with E-state index in [4.69, 9.17) is 5.11 Å². The number of phenolic OH excluding ortho intramolecular Hbond substituents is 1. The molecule has 0 unspecified atom stereocenters. The minimum Gasteiger partial charge on any atom is -0.508 e. The zero-order valence-corrected chi connectivity index (χ0v) is 8.76. The second-order valence-corrected chi connectivity index (χ2v) is 3.70. The van der Waals surface area contributed by atoms with Gasteiger partial charge in [-0.25, -0.2) is 0 Å². The fourth-order valence-corrected chi connectivity index (χ4v) is 1.50. The minimum atomic E-state index is 0.357. The number of hydrogen-bond donors (Lipinski definition) is 1. The van der Waals surface area contributed by atoms with Crippen LogP contribution in [0.3, 0.4) is 0 Å².